The van der Waals surface area contributed by atoms with Crippen molar-refractivity contribution in [1.29, 1.82) is 0 Å². The van der Waals surface area contributed by atoms with Crippen LogP contribution in [-0.4, -0.2) is 23.0 Å². The van der Waals surface area contributed by atoms with Crippen molar-refractivity contribution in [2.24, 2.45) is 0 Å². The quantitative estimate of drug-likeness (QED) is 0.133. The van der Waals surface area contributed by atoms with Crippen LogP contribution in [0.15, 0.2) is 97.1 Å². The van der Waals surface area contributed by atoms with E-state index in [1.54, 1.807) is 13.8 Å². The Hall–Kier alpha value is -3.08. The Morgan fingerprint density at radius 2 is 1.05 bits per heavy atom. The second kappa shape index (κ2) is 13.1. The predicted molar refractivity (Wildman–Crippen MR) is 181 cm³/mol. The average Bonchev–Trinajstić information content (AvgIpc) is 3.01. The molecule has 0 saturated carbocycles. The highest BCUT2D eigenvalue weighted by atomic mass is 31.2. The van der Waals surface area contributed by atoms with E-state index < -0.39 is 20.3 Å². The first-order chi connectivity index (χ1) is 21.1. The number of hydrogen-bond donors (Lipinski definition) is 2. The second-order valence-electron chi connectivity index (χ2n) is 11.0. The lowest BCUT2D eigenvalue weighted by molar-refractivity contribution is 0.219. The Morgan fingerprint density at radius 3 is 1.45 bits per heavy atom. The van der Waals surface area contributed by atoms with E-state index in [4.69, 9.17) is 9.05 Å². The zero-order chi connectivity index (χ0) is 31.5. The molecule has 0 spiro atoms. The first kappa shape index (κ1) is 32.3. The first-order valence-corrected chi connectivity index (χ1v) is 18.5. The molecule has 0 aromatic heterocycles. The van der Waals surface area contributed by atoms with E-state index in [1.807, 2.05) is 111 Å². The first-order valence-electron chi connectivity index (χ1n) is 15.2. The van der Waals surface area contributed by atoms with E-state index in [0.29, 0.717) is 22.3 Å². The van der Waals surface area contributed by atoms with Crippen LogP contribution in [0.5, 0.6) is 0 Å². The van der Waals surface area contributed by atoms with Gasteiger partial charge in [0.2, 0.25) is 0 Å². The van der Waals surface area contributed by atoms with Crippen LogP contribution in [0.3, 0.4) is 0 Å². The Bertz CT molecular complexity index is 1770. The maximum atomic E-state index is 13.9. The van der Waals surface area contributed by atoms with Gasteiger partial charge in [-0.25, -0.2) is 0 Å². The fraction of sp³-hybridized carbons (Fsp3) is 0.278. The normalized spacial score (nSPS) is 12.7. The van der Waals surface area contributed by atoms with Gasteiger partial charge in [0.25, 0.3) is 0 Å². The van der Waals surface area contributed by atoms with Crippen molar-refractivity contribution < 1.29 is 28.0 Å². The maximum Gasteiger partial charge on any atom is 0.336 e. The molecule has 0 fully saturated rings. The Morgan fingerprint density at radius 1 is 0.614 bits per heavy atom. The summed E-state index contributed by atoms with van der Waals surface area (Å²) in [6.07, 6.45) is 0.462. The Balaban J connectivity index is 1.99. The van der Waals surface area contributed by atoms with Crippen molar-refractivity contribution in [1.82, 2.24) is 0 Å². The average molecular weight is 631 g/mol. The Kier molecular flexibility index (Phi) is 9.63. The summed E-state index contributed by atoms with van der Waals surface area (Å²) in [6.45, 7) is 7.72. The minimum Gasteiger partial charge on any atom is -0.324 e. The smallest absolute Gasteiger partial charge is 0.324 e. The van der Waals surface area contributed by atoms with Crippen LogP contribution in [0.2, 0.25) is 0 Å². The highest BCUT2D eigenvalue weighted by molar-refractivity contribution is 7.53. The molecule has 0 aliphatic carbocycles. The fourth-order valence-electron chi connectivity index (χ4n) is 6.55. The van der Waals surface area contributed by atoms with Gasteiger partial charge >= 0.3 is 15.2 Å². The van der Waals surface area contributed by atoms with Crippen molar-refractivity contribution in [3.05, 3.63) is 108 Å². The summed E-state index contributed by atoms with van der Waals surface area (Å²) >= 11 is 0. The zero-order valence-electron chi connectivity index (χ0n) is 25.7. The molecule has 0 radical (unpaired) electrons. The highest BCUT2D eigenvalue weighted by Crippen LogP contribution is 2.65. The third-order valence-electron chi connectivity index (χ3n) is 8.58. The fourth-order valence-corrected chi connectivity index (χ4v) is 9.58. The third-order valence-corrected chi connectivity index (χ3v) is 12.6. The SMILES string of the molecule is CCOP(=O)(Cc1cc(-c2cccc3ccccc23)c(C(CC)(CC)P(=O)(O)O)c(-c2cccc3ccccc23)c1)OCC. The summed E-state index contributed by atoms with van der Waals surface area (Å²) in [5.74, 6) is 0. The number of hydrogen-bond acceptors (Lipinski definition) is 4. The van der Waals surface area contributed by atoms with Crippen LogP contribution in [0.4, 0.5) is 0 Å². The Labute approximate surface area is 259 Å². The lowest BCUT2D eigenvalue weighted by Crippen LogP contribution is -2.27. The van der Waals surface area contributed by atoms with Crippen molar-refractivity contribution >= 4 is 36.7 Å². The molecule has 5 aromatic carbocycles. The molecule has 0 atom stereocenters. The van der Waals surface area contributed by atoms with Crippen molar-refractivity contribution in [3.8, 4) is 22.3 Å². The summed E-state index contributed by atoms with van der Waals surface area (Å²) in [7, 11) is -8.24. The minimum absolute atomic E-state index is 0.0195. The van der Waals surface area contributed by atoms with Crippen LogP contribution in [0, 0.1) is 0 Å². The van der Waals surface area contributed by atoms with Gasteiger partial charge in [0.05, 0.1) is 24.5 Å². The molecule has 0 aliphatic rings. The molecule has 6 nitrogen and oxygen atoms in total. The van der Waals surface area contributed by atoms with Gasteiger partial charge in [-0.05, 0) is 81.6 Å². The molecular weight excluding hydrogens is 590 g/mol. The maximum absolute atomic E-state index is 13.9. The third kappa shape index (κ3) is 5.96. The largest absolute Gasteiger partial charge is 0.336 e. The molecule has 0 aliphatic heterocycles. The summed E-state index contributed by atoms with van der Waals surface area (Å²) in [5.41, 5.74) is 4.40. The standard InChI is InChI=1S/C36H40O6P2/c1-5-36(6-2,44(38,39)40)35-33(31-21-13-17-27-15-9-11-19-29(27)31)23-26(25-43(37,41-7-3)42-8-4)24-34(35)32-22-14-18-28-16-10-12-20-30(28)32/h9-24H,5-8,25H2,1-4H3,(H2,38,39,40). The molecule has 0 saturated heterocycles. The van der Waals surface area contributed by atoms with E-state index in [0.717, 1.165) is 32.7 Å². The number of rotatable bonds is 12. The topological polar surface area (TPSA) is 93.1 Å². The summed E-state index contributed by atoms with van der Waals surface area (Å²) in [4.78, 5) is 22.3. The van der Waals surface area contributed by atoms with Crippen LogP contribution < -0.4 is 0 Å². The van der Waals surface area contributed by atoms with Gasteiger partial charge in [0, 0.05) is 0 Å². The predicted octanol–water partition coefficient (Wildman–Crippen LogP) is 10.3. The minimum atomic E-state index is -4.73. The van der Waals surface area contributed by atoms with E-state index in [-0.39, 0.29) is 32.2 Å². The molecule has 44 heavy (non-hydrogen) atoms. The van der Waals surface area contributed by atoms with Crippen LogP contribution in [-0.2, 0) is 29.5 Å². The molecule has 2 N–H and O–H groups in total. The summed E-state index contributed by atoms with van der Waals surface area (Å²) < 4.78 is 39.0. The van der Waals surface area contributed by atoms with Crippen LogP contribution in [0.1, 0.15) is 51.7 Å². The van der Waals surface area contributed by atoms with Gasteiger partial charge < -0.3 is 18.8 Å². The van der Waals surface area contributed by atoms with Crippen molar-refractivity contribution in [2.75, 3.05) is 13.2 Å². The van der Waals surface area contributed by atoms with E-state index in [2.05, 4.69) is 0 Å². The van der Waals surface area contributed by atoms with Gasteiger partial charge in [0.1, 0.15) is 0 Å². The van der Waals surface area contributed by atoms with Gasteiger partial charge in [-0.3, -0.25) is 9.13 Å². The van der Waals surface area contributed by atoms with Crippen molar-refractivity contribution in [3.63, 3.8) is 0 Å². The molecule has 230 valence electrons. The summed E-state index contributed by atoms with van der Waals surface area (Å²) in [5, 5.41) is 2.46. The molecule has 8 heteroatoms. The van der Waals surface area contributed by atoms with Crippen LogP contribution in [0.25, 0.3) is 43.8 Å². The second-order valence-corrected chi connectivity index (χ2v) is 15.0. The molecule has 0 unspecified atom stereocenters. The number of fused-ring (bicyclic) bond motifs is 2. The van der Waals surface area contributed by atoms with Gasteiger partial charge in [0.15, 0.2) is 0 Å². The molecule has 5 aromatic rings. The van der Waals surface area contributed by atoms with Gasteiger partial charge in [-0.1, -0.05) is 111 Å². The molecular formula is C36H40O6P2. The number of benzene rings is 5. The molecule has 0 amide bonds. The van der Waals surface area contributed by atoms with Crippen molar-refractivity contribution in [2.45, 2.75) is 51.9 Å². The lowest BCUT2D eigenvalue weighted by atomic mass is 9.78. The molecule has 0 heterocycles. The van der Waals surface area contributed by atoms with Crippen LogP contribution >= 0.6 is 15.2 Å². The molecule has 0 bridgehead atoms. The van der Waals surface area contributed by atoms with E-state index in [1.165, 1.54) is 0 Å². The summed E-state index contributed by atoms with van der Waals surface area (Å²) in [6, 6.07) is 31.9. The van der Waals surface area contributed by atoms with E-state index >= 15 is 0 Å². The highest BCUT2D eigenvalue weighted by Gasteiger charge is 2.48. The molecule has 5 rings (SSSR count). The van der Waals surface area contributed by atoms with Gasteiger partial charge in [-0.2, -0.15) is 0 Å². The van der Waals surface area contributed by atoms with Gasteiger partial charge in [-0.15, -0.1) is 0 Å². The zero-order valence-corrected chi connectivity index (χ0v) is 27.5. The monoisotopic (exact) mass is 630 g/mol. The lowest BCUT2D eigenvalue weighted by Gasteiger charge is -2.37. The van der Waals surface area contributed by atoms with E-state index in [9.17, 15) is 18.9 Å².